The van der Waals surface area contributed by atoms with Crippen molar-refractivity contribution in [3.63, 3.8) is 0 Å². The minimum Gasteiger partial charge on any atom is -0.494 e. The van der Waals surface area contributed by atoms with E-state index in [2.05, 4.69) is 10.2 Å². The molecule has 0 bridgehead atoms. The molecule has 2 aliphatic rings. The van der Waals surface area contributed by atoms with Gasteiger partial charge in [0.05, 0.1) is 7.11 Å². The average Bonchev–Trinajstić information content (AvgIpc) is 2.81. The van der Waals surface area contributed by atoms with Crippen LogP contribution in [0.25, 0.3) is 0 Å². The third-order valence-corrected chi connectivity index (χ3v) is 4.30. The van der Waals surface area contributed by atoms with Crippen molar-refractivity contribution in [2.24, 2.45) is 5.92 Å². The lowest BCUT2D eigenvalue weighted by atomic mass is 9.94. The Labute approximate surface area is 113 Å². The second-order valence-corrected chi connectivity index (χ2v) is 5.63. The Kier molecular flexibility index (Phi) is 3.71. The second-order valence-electron chi connectivity index (χ2n) is 5.63. The normalized spacial score (nSPS) is 27.3. The molecular formula is C15H21FN2O. The van der Waals surface area contributed by atoms with E-state index >= 15 is 0 Å². The number of rotatable bonds is 3. The Bertz CT molecular complexity index is 438. The van der Waals surface area contributed by atoms with Crippen LogP contribution in [0.15, 0.2) is 18.2 Å². The molecule has 3 rings (SSSR count). The van der Waals surface area contributed by atoms with Gasteiger partial charge in [0.2, 0.25) is 0 Å². The summed E-state index contributed by atoms with van der Waals surface area (Å²) in [5, 5.41) is 3.59. The van der Waals surface area contributed by atoms with Crippen LogP contribution in [0.2, 0.25) is 0 Å². The smallest absolute Gasteiger partial charge is 0.165 e. The van der Waals surface area contributed by atoms with E-state index < -0.39 is 0 Å². The fraction of sp³-hybridized carbons (Fsp3) is 0.600. The highest BCUT2D eigenvalue weighted by molar-refractivity contribution is 5.29. The highest BCUT2D eigenvalue weighted by atomic mass is 19.1. The highest BCUT2D eigenvalue weighted by Gasteiger charge is 2.33. The van der Waals surface area contributed by atoms with E-state index in [4.69, 9.17) is 4.74 Å². The minimum absolute atomic E-state index is 0.269. The summed E-state index contributed by atoms with van der Waals surface area (Å²) in [6.07, 6.45) is 2.61. The molecule has 19 heavy (non-hydrogen) atoms. The van der Waals surface area contributed by atoms with E-state index in [1.54, 1.807) is 12.1 Å². The van der Waals surface area contributed by atoms with Gasteiger partial charge >= 0.3 is 0 Å². The van der Waals surface area contributed by atoms with Gasteiger partial charge in [-0.15, -0.1) is 0 Å². The third-order valence-electron chi connectivity index (χ3n) is 4.30. The molecule has 0 radical (unpaired) electrons. The van der Waals surface area contributed by atoms with Crippen molar-refractivity contribution in [3.05, 3.63) is 29.6 Å². The summed E-state index contributed by atoms with van der Waals surface area (Å²) in [6.45, 7) is 4.19. The van der Waals surface area contributed by atoms with Gasteiger partial charge in [-0.05, 0) is 43.0 Å². The maximum absolute atomic E-state index is 13.7. The summed E-state index contributed by atoms with van der Waals surface area (Å²) in [6, 6.07) is 5.90. The highest BCUT2D eigenvalue weighted by Crippen LogP contribution is 2.26. The van der Waals surface area contributed by atoms with Gasteiger partial charge in [0.25, 0.3) is 0 Å². The third kappa shape index (κ3) is 2.74. The van der Waals surface area contributed by atoms with Crippen LogP contribution in [0, 0.1) is 11.7 Å². The molecule has 0 aromatic heterocycles. The van der Waals surface area contributed by atoms with Gasteiger partial charge in [-0.25, -0.2) is 4.39 Å². The summed E-state index contributed by atoms with van der Waals surface area (Å²) in [7, 11) is 1.49. The summed E-state index contributed by atoms with van der Waals surface area (Å²) in [5.41, 5.74) is 1.02. The molecular weight excluding hydrogens is 243 g/mol. The first kappa shape index (κ1) is 12.9. The molecule has 1 aromatic carbocycles. The van der Waals surface area contributed by atoms with Gasteiger partial charge in [-0.3, -0.25) is 4.90 Å². The zero-order valence-electron chi connectivity index (χ0n) is 11.4. The predicted molar refractivity (Wildman–Crippen MR) is 72.7 cm³/mol. The molecule has 2 heterocycles. The van der Waals surface area contributed by atoms with E-state index in [0.717, 1.165) is 37.7 Å². The molecule has 2 atom stereocenters. The number of hydrogen-bond donors (Lipinski definition) is 1. The Morgan fingerprint density at radius 2 is 2.32 bits per heavy atom. The molecule has 4 heteroatoms. The maximum Gasteiger partial charge on any atom is 0.165 e. The average molecular weight is 264 g/mol. The molecule has 1 aromatic rings. The van der Waals surface area contributed by atoms with Gasteiger partial charge in [0.1, 0.15) is 0 Å². The van der Waals surface area contributed by atoms with Gasteiger partial charge in [-0.1, -0.05) is 6.07 Å². The number of piperidine rings is 1. The number of nitrogens with zero attached hydrogens (tertiary/aromatic N) is 1. The fourth-order valence-electron chi connectivity index (χ4n) is 3.33. The van der Waals surface area contributed by atoms with Crippen molar-refractivity contribution >= 4 is 0 Å². The topological polar surface area (TPSA) is 24.5 Å². The Morgan fingerprint density at radius 1 is 1.42 bits per heavy atom. The predicted octanol–water partition coefficient (Wildman–Crippen LogP) is 2.02. The van der Waals surface area contributed by atoms with Gasteiger partial charge in [-0.2, -0.15) is 0 Å². The lowest BCUT2D eigenvalue weighted by molar-refractivity contribution is 0.311. The first-order valence-electron chi connectivity index (χ1n) is 7.04. The van der Waals surface area contributed by atoms with E-state index in [9.17, 15) is 4.39 Å². The van der Waals surface area contributed by atoms with Crippen molar-refractivity contribution in [3.8, 4) is 5.75 Å². The lowest BCUT2D eigenvalue weighted by Gasteiger charge is -2.24. The van der Waals surface area contributed by atoms with Crippen LogP contribution in [0.1, 0.15) is 18.4 Å². The monoisotopic (exact) mass is 264 g/mol. The summed E-state index contributed by atoms with van der Waals surface area (Å²) >= 11 is 0. The molecule has 0 unspecified atom stereocenters. The number of ether oxygens (including phenoxy) is 1. The summed E-state index contributed by atoms with van der Waals surface area (Å²) in [4.78, 5) is 2.43. The fourth-order valence-corrected chi connectivity index (χ4v) is 3.33. The van der Waals surface area contributed by atoms with E-state index in [-0.39, 0.29) is 5.82 Å². The standard InChI is InChI=1S/C15H21FN2O/c1-19-15-5-4-11(7-13(15)16)8-18-9-12-3-2-6-17-14(12)10-18/h4-5,7,12,14,17H,2-3,6,8-10H2,1H3/t12-,14+/m0/s1. The lowest BCUT2D eigenvalue weighted by Crippen LogP contribution is -2.40. The zero-order valence-corrected chi connectivity index (χ0v) is 11.4. The minimum atomic E-state index is -0.269. The van der Waals surface area contributed by atoms with Crippen LogP contribution in [0.4, 0.5) is 4.39 Å². The molecule has 0 saturated carbocycles. The van der Waals surface area contributed by atoms with Crippen molar-refractivity contribution in [2.75, 3.05) is 26.7 Å². The van der Waals surface area contributed by atoms with Crippen LogP contribution in [-0.2, 0) is 6.54 Å². The SMILES string of the molecule is COc1ccc(CN2C[C@@H]3CCCN[C@@H]3C2)cc1F. The maximum atomic E-state index is 13.7. The van der Waals surface area contributed by atoms with E-state index in [0.29, 0.717) is 11.8 Å². The number of methoxy groups -OCH3 is 1. The number of halogens is 1. The molecule has 3 nitrogen and oxygen atoms in total. The first-order valence-corrected chi connectivity index (χ1v) is 7.04. The molecule has 2 fully saturated rings. The van der Waals surface area contributed by atoms with E-state index in [1.807, 2.05) is 6.07 Å². The van der Waals surface area contributed by atoms with Gasteiger partial charge in [0.15, 0.2) is 11.6 Å². The summed E-state index contributed by atoms with van der Waals surface area (Å²) < 4.78 is 18.6. The number of nitrogens with one attached hydrogen (secondary N) is 1. The first-order chi connectivity index (χ1) is 9.26. The van der Waals surface area contributed by atoms with Gasteiger partial charge < -0.3 is 10.1 Å². The molecule has 2 saturated heterocycles. The second kappa shape index (κ2) is 5.47. The van der Waals surface area contributed by atoms with Crippen LogP contribution in [0.3, 0.4) is 0 Å². The molecule has 2 aliphatic heterocycles. The molecule has 104 valence electrons. The number of likely N-dealkylation sites (tertiary alicyclic amines) is 1. The van der Waals surface area contributed by atoms with Crippen molar-refractivity contribution < 1.29 is 9.13 Å². The van der Waals surface area contributed by atoms with Crippen LogP contribution < -0.4 is 10.1 Å². The number of fused-ring (bicyclic) bond motifs is 1. The molecule has 0 aliphatic carbocycles. The largest absolute Gasteiger partial charge is 0.494 e. The number of benzene rings is 1. The van der Waals surface area contributed by atoms with Crippen LogP contribution in [0.5, 0.6) is 5.75 Å². The molecule has 0 spiro atoms. The van der Waals surface area contributed by atoms with Crippen molar-refractivity contribution in [2.45, 2.75) is 25.4 Å². The Morgan fingerprint density at radius 3 is 3.05 bits per heavy atom. The van der Waals surface area contributed by atoms with Crippen molar-refractivity contribution in [1.82, 2.24) is 10.2 Å². The molecule has 0 amide bonds. The van der Waals surface area contributed by atoms with Crippen molar-refractivity contribution in [1.29, 1.82) is 0 Å². The molecule has 1 N–H and O–H groups in total. The summed E-state index contributed by atoms with van der Waals surface area (Å²) in [5.74, 6) is 0.826. The van der Waals surface area contributed by atoms with Crippen LogP contribution >= 0.6 is 0 Å². The quantitative estimate of drug-likeness (QED) is 0.904. The number of hydrogen-bond acceptors (Lipinski definition) is 3. The Balaban J connectivity index is 1.64. The zero-order chi connectivity index (χ0) is 13.2. The van der Waals surface area contributed by atoms with Gasteiger partial charge in [0, 0.05) is 25.7 Å². The van der Waals surface area contributed by atoms with Crippen LogP contribution in [-0.4, -0.2) is 37.7 Å². The van der Waals surface area contributed by atoms with E-state index in [1.165, 1.54) is 20.0 Å². The Hall–Kier alpha value is -1.13.